The van der Waals surface area contributed by atoms with E-state index in [9.17, 15) is 9.59 Å². The Labute approximate surface area is 167 Å². The quantitative estimate of drug-likeness (QED) is 0.421. The van der Waals surface area contributed by atoms with Gasteiger partial charge in [-0.15, -0.1) is 11.3 Å². The van der Waals surface area contributed by atoms with Crippen LogP contribution in [0.25, 0.3) is 21.1 Å². The largest absolute Gasteiger partial charge is 0.422 e. The SMILES string of the molecule is CCCN(C(=O)c1cc2c(=O)oc3ccc(C)cc3c2s1)c1cccc(C)c1. The first-order valence-corrected chi connectivity index (χ1v) is 10.1. The summed E-state index contributed by atoms with van der Waals surface area (Å²) in [5, 5.41) is 1.34. The summed E-state index contributed by atoms with van der Waals surface area (Å²) in [5.41, 5.74) is 3.20. The molecule has 5 heteroatoms. The zero-order valence-electron chi connectivity index (χ0n) is 16.1. The van der Waals surface area contributed by atoms with Crippen LogP contribution in [0.5, 0.6) is 0 Å². The molecule has 4 rings (SSSR count). The monoisotopic (exact) mass is 391 g/mol. The van der Waals surface area contributed by atoms with E-state index >= 15 is 0 Å². The van der Waals surface area contributed by atoms with Gasteiger partial charge in [0.1, 0.15) is 5.58 Å². The van der Waals surface area contributed by atoms with Crippen molar-refractivity contribution in [2.24, 2.45) is 0 Å². The molecular weight excluding hydrogens is 370 g/mol. The van der Waals surface area contributed by atoms with Crippen molar-refractivity contribution in [1.82, 2.24) is 0 Å². The molecule has 28 heavy (non-hydrogen) atoms. The van der Waals surface area contributed by atoms with E-state index in [1.807, 2.05) is 63.2 Å². The van der Waals surface area contributed by atoms with Gasteiger partial charge in [0.05, 0.1) is 15.0 Å². The van der Waals surface area contributed by atoms with Crippen LogP contribution in [0.4, 0.5) is 5.69 Å². The lowest BCUT2D eigenvalue weighted by Gasteiger charge is -2.22. The molecule has 2 aromatic heterocycles. The number of amides is 1. The Hall–Kier alpha value is -2.92. The first-order chi connectivity index (χ1) is 13.5. The van der Waals surface area contributed by atoms with Crippen molar-refractivity contribution in [2.45, 2.75) is 27.2 Å². The molecular formula is C23H21NO3S. The van der Waals surface area contributed by atoms with Crippen molar-refractivity contribution in [3.8, 4) is 0 Å². The van der Waals surface area contributed by atoms with Crippen LogP contribution in [0.15, 0.2) is 57.7 Å². The van der Waals surface area contributed by atoms with Gasteiger partial charge in [-0.25, -0.2) is 4.79 Å². The van der Waals surface area contributed by atoms with Crippen LogP contribution < -0.4 is 10.5 Å². The molecule has 4 aromatic rings. The highest BCUT2D eigenvalue weighted by atomic mass is 32.1. The minimum atomic E-state index is -0.403. The highest BCUT2D eigenvalue weighted by Gasteiger charge is 2.21. The van der Waals surface area contributed by atoms with Gasteiger partial charge in [0.15, 0.2) is 0 Å². The maximum atomic E-state index is 13.3. The lowest BCUT2D eigenvalue weighted by Crippen LogP contribution is -2.31. The number of carbonyl (C=O) groups is 1. The number of nitrogens with zero attached hydrogens (tertiary/aromatic N) is 1. The summed E-state index contributed by atoms with van der Waals surface area (Å²) >= 11 is 1.36. The van der Waals surface area contributed by atoms with Crippen molar-refractivity contribution in [1.29, 1.82) is 0 Å². The number of rotatable bonds is 4. The van der Waals surface area contributed by atoms with Crippen LogP contribution in [-0.4, -0.2) is 12.5 Å². The van der Waals surface area contributed by atoms with E-state index in [4.69, 9.17) is 4.42 Å². The molecule has 0 atom stereocenters. The molecule has 2 aromatic carbocycles. The van der Waals surface area contributed by atoms with Gasteiger partial charge in [-0.1, -0.05) is 30.7 Å². The van der Waals surface area contributed by atoms with E-state index in [0.29, 0.717) is 22.4 Å². The average molecular weight is 391 g/mol. The van der Waals surface area contributed by atoms with Gasteiger partial charge < -0.3 is 9.32 Å². The molecule has 142 valence electrons. The second-order valence-electron chi connectivity index (χ2n) is 7.04. The number of benzene rings is 2. The minimum absolute atomic E-state index is 0.0890. The van der Waals surface area contributed by atoms with Crippen molar-refractivity contribution >= 4 is 44.0 Å². The molecule has 0 saturated heterocycles. The molecule has 0 aliphatic heterocycles. The molecule has 0 saturated carbocycles. The molecule has 0 bridgehead atoms. The minimum Gasteiger partial charge on any atom is -0.422 e. The van der Waals surface area contributed by atoms with Crippen LogP contribution in [0, 0.1) is 13.8 Å². The summed E-state index contributed by atoms with van der Waals surface area (Å²) < 4.78 is 6.26. The maximum Gasteiger partial charge on any atom is 0.345 e. The second-order valence-corrected chi connectivity index (χ2v) is 8.09. The van der Waals surface area contributed by atoms with Crippen LogP contribution in [0.2, 0.25) is 0 Å². The number of carbonyl (C=O) groups excluding carboxylic acids is 1. The summed E-state index contributed by atoms with van der Waals surface area (Å²) in [6, 6.07) is 15.3. The molecule has 1 amide bonds. The van der Waals surface area contributed by atoms with Crippen LogP contribution >= 0.6 is 11.3 Å². The topological polar surface area (TPSA) is 50.5 Å². The standard InChI is InChI=1S/C23H21NO3S/c1-4-10-24(16-7-5-6-14(2)11-16)22(25)20-13-18-21(28-20)17-12-15(3)8-9-19(17)27-23(18)26/h5-9,11-13H,4,10H2,1-3H3. The second kappa shape index (κ2) is 7.24. The fourth-order valence-electron chi connectivity index (χ4n) is 3.41. The Kier molecular flexibility index (Phi) is 4.77. The predicted octanol–water partition coefficient (Wildman–Crippen LogP) is 5.68. The first-order valence-electron chi connectivity index (χ1n) is 9.33. The lowest BCUT2D eigenvalue weighted by atomic mass is 10.1. The van der Waals surface area contributed by atoms with E-state index in [1.165, 1.54) is 11.3 Å². The fraction of sp³-hybridized carbons (Fsp3) is 0.217. The third kappa shape index (κ3) is 3.22. The van der Waals surface area contributed by atoms with E-state index in [-0.39, 0.29) is 5.91 Å². The molecule has 0 radical (unpaired) electrons. The van der Waals surface area contributed by atoms with Crippen molar-refractivity contribution in [2.75, 3.05) is 11.4 Å². The molecule has 2 heterocycles. The van der Waals surface area contributed by atoms with Gasteiger partial charge in [0, 0.05) is 17.6 Å². The molecule has 4 nitrogen and oxygen atoms in total. The summed E-state index contributed by atoms with van der Waals surface area (Å²) in [6.45, 7) is 6.67. The van der Waals surface area contributed by atoms with Crippen LogP contribution in [-0.2, 0) is 0 Å². The molecule has 0 fully saturated rings. The smallest absolute Gasteiger partial charge is 0.345 e. The maximum absolute atomic E-state index is 13.3. The summed E-state index contributed by atoms with van der Waals surface area (Å²) in [4.78, 5) is 28.1. The zero-order valence-corrected chi connectivity index (χ0v) is 16.9. The molecule has 0 unspecified atom stereocenters. The van der Waals surface area contributed by atoms with Crippen LogP contribution in [0.3, 0.4) is 0 Å². The summed E-state index contributed by atoms with van der Waals surface area (Å²) in [7, 11) is 0. The van der Waals surface area contributed by atoms with Gasteiger partial charge in [0.2, 0.25) is 0 Å². The number of hydrogen-bond acceptors (Lipinski definition) is 4. The van der Waals surface area contributed by atoms with Crippen molar-refractivity contribution < 1.29 is 9.21 Å². The highest BCUT2D eigenvalue weighted by Crippen LogP contribution is 2.32. The molecule has 0 aliphatic carbocycles. The Morgan fingerprint density at radius 2 is 1.82 bits per heavy atom. The zero-order chi connectivity index (χ0) is 19.8. The van der Waals surface area contributed by atoms with Gasteiger partial charge in [-0.3, -0.25) is 4.79 Å². The van der Waals surface area contributed by atoms with Crippen LogP contribution in [0.1, 0.15) is 34.1 Å². The molecule has 0 spiro atoms. The molecule has 0 N–H and O–H groups in total. The van der Waals surface area contributed by atoms with Gasteiger partial charge >= 0.3 is 5.63 Å². The van der Waals surface area contributed by atoms with Gasteiger partial charge in [-0.05, 0) is 56.2 Å². The summed E-state index contributed by atoms with van der Waals surface area (Å²) in [5.74, 6) is -0.0890. The lowest BCUT2D eigenvalue weighted by molar-refractivity contribution is 0.0991. The fourth-order valence-corrected chi connectivity index (χ4v) is 4.53. The normalized spacial score (nSPS) is 11.2. The Morgan fingerprint density at radius 1 is 1.04 bits per heavy atom. The van der Waals surface area contributed by atoms with E-state index in [2.05, 4.69) is 0 Å². The van der Waals surface area contributed by atoms with E-state index in [0.717, 1.165) is 33.3 Å². The average Bonchev–Trinajstić information content (AvgIpc) is 3.13. The van der Waals surface area contributed by atoms with E-state index < -0.39 is 5.63 Å². The number of anilines is 1. The van der Waals surface area contributed by atoms with Crippen molar-refractivity contribution in [3.63, 3.8) is 0 Å². The number of hydrogen-bond donors (Lipinski definition) is 0. The van der Waals surface area contributed by atoms with Gasteiger partial charge in [0.25, 0.3) is 5.91 Å². The van der Waals surface area contributed by atoms with E-state index in [1.54, 1.807) is 11.0 Å². The number of fused-ring (bicyclic) bond motifs is 3. The first kappa shape index (κ1) is 18.4. The highest BCUT2D eigenvalue weighted by molar-refractivity contribution is 7.21. The predicted molar refractivity (Wildman–Crippen MR) is 116 cm³/mol. The third-order valence-electron chi connectivity index (χ3n) is 4.75. The molecule has 0 aliphatic rings. The summed E-state index contributed by atoms with van der Waals surface area (Å²) in [6.07, 6.45) is 0.842. The number of thiophene rings is 1. The Balaban J connectivity index is 1.86. The number of aryl methyl sites for hydroxylation is 2. The third-order valence-corrected chi connectivity index (χ3v) is 5.91. The Morgan fingerprint density at radius 3 is 2.57 bits per heavy atom. The van der Waals surface area contributed by atoms with Crippen molar-refractivity contribution in [3.05, 3.63) is 75.0 Å². The Bertz CT molecular complexity index is 1250. The van der Waals surface area contributed by atoms with Gasteiger partial charge in [-0.2, -0.15) is 0 Å².